The molecule has 7 heteroatoms. The van der Waals surface area contributed by atoms with E-state index in [-0.39, 0.29) is 12.0 Å². The highest BCUT2D eigenvalue weighted by Crippen LogP contribution is 2.29. The van der Waals surface area contributed by atoms with E-state index in [9.17, 15) is 4.79 Å². The Balaban J connectivity index is 1.48. The van der Waals surface area contributed by atoms with E-state index >= 15 is 0 Å². The molecule has 138 valence electrons. The Kier molecular flexibility index (Phi) is 5.41. The lowest BCUT2D eigenvalue weighted by atomic mass is 10.1. The van der Waals surface area contributed by atoms with Gasteiger partial charge in [0.2, 0.25) is 5.88 Å². The zero-order chi connectivity index (χ0) is 18.5. The average Bonchev–Trinajstić information content (AvgIpc) is 3.21. The third-order valence-corrected chi connectivity index (χ3v) is 5.51. The summed E-state index contributed by atoms with van der Waals surface area (Å²) in [4.78, 5) is 22.7. The predicted octanol–water partition coefficient (Wildman–Crippen LogP) is 3.59. The van der Waals surface area contributed by atoms with E-state index in [1.165, 1.54) is 11.3 Å². The molecule has 0 aliphatic carbocycles. The molecular weight excluding hydrogens is 360 g/mol. The fourth-order valence-electron chi connectivity index (χ4n) is 2.97. The molecule has 1 amide bonds. The second-order valence-corrected chi connectivity index (χ2v) is 7.36. The lowest BCUT2D eigenvalue weighted by Gasteiger charge is -2.24. The summed E-state index contributed by atoms with van der Waals surface area (Å²) in [5.74, 6) is 0.312. The van der Waals surface area contributed by atoms with Crippen LogP contribution in [0.2, 0.25) is 0 Å². The summed E-state index contributed by atoms with van der Waals surface area (Å²) < 4.78 is 6.03. The Morgan fingerprint density at radius 1 is 1.11 bits per heavy atom. The van der Waals surface area contributed by atoms with Gasteiger partial charge in [-0.3, -0.25) is 9.78 Å². The van der Waals surface area contributed by atoms with Crippen molar-refractivity contribution in [2.45, 2.75) is 18.9 Å². The van der Waals surface area contributed by atoms with Crippen molar-refractivity contribution in [3.8, 4) is 16.3 Å². The number of aromatic nitrogens is 2. The first kappa shape index (κ1) is 17.6. The Bertz CT molecular complexity index is 907. The molecule has 3 aromatic rings. The second kappa shape index (κ2) is 8.28. The number of nitrogens with one attached hydrogen (secondary N) is 2. The Morgan fingerprint density at radius 2 is 1.93 bits per heavy atom. The third kappa shape index (κ3) is 4.32. The first-order valence-corrected chi connectivity index (χ1v) is 9.75. The van der Waals surface area contributed by atoms with Gasteiger partial charge >= 0.3 is 0 Å². The minimum absolute atomic E-state index is 0.122. The van der Waals surface area contributed by atoms with Gasteiger partial charge in [0.05, 0.1) is 4.88 Å². The van der Waals surface area contributed by atoms with Crippen molar-refractivity contribution in [2.24, 2.45) is 0 Å². The van der Waals surface area contributed by atoms with Crippen LogP contribution in [-0.4, -0.2) is 35.1 Å². The zero-order valence-corrected chi connectivity index (χ0v) is 15.5. The second-order valence-electron chi connectivity index (χ2n) is 6.28. The maximum atomic E-state index is 12.7. The van der Waals surface area contributed by atoms with Crippen LogP contribution in [0.1, 0.15) is 22.5 Å². The molecule has 27 heavy (non-hydrogen) atoms. The van der Waals surface area contributed by atoms with Gasteiger partial charge in [0, 0.05) is 23.5 Å². The van der Waals surface area contributed by atoms with Crippen LogP contribution in [0, 0.1) is 0 Å². The Labute approximate surface area is 161 Å². The molecule has 0 bridgehead atoms. The standard InChI is InChI=1S/C20H20N4O2S/c25-19(18-4-3-17(27-18)14-5-10-21-11-6-14)24-16-2-1-9-23-20(16)26-15-7-12-22-13-8-15/h1-6,9-11,15,22H,7-8,12-13H2,(H,24,25). The van der Waals surface area contributed by atoms with Crippen LogP contribution in [0.15, 0.2) is 55.0 Å². The molecule has 6 nitrogen and oxygen atoms in total. The molecule has 3 aromatic heterocycles. The summed E-state index contributed by atoms with van der Waals surface area (Å²) >= 11 is 1.45. The minimum atomic E-state index is -0.163. The van der Waals surface area contributed by atoms with Gasteiger partial charge in [0.1, 0.15) is 11.8 Å². The summed E-state index contributed by atoms with van der Waals surface area (Å²) in [6, 6.07) is 11.3. The average molecular weight is 380 g/mol. The highest BCUT2D eigenvalue weighted by molar-refractivity contribution is 7.17. The predicted molar refractivity (Wildman–Crippen MR) is 106 cm³/mol. The molecule has 2 N–H and O–H groups in total. The van der Waals surface area contributed by atoms with Crippen LogP contribution >= 0.6 is 11.3 Å². The molecule has 0 aromatic carbocycles. The number of thiophene rings is 1. The van der Waals surface area contributed by atoms with Crippen molar-refractivity contribution in [1.29, 1.82) is 0 Å². The monoisotopic (exact) mass is 380 g/mol. The summed E-state index contributed by atoms with van der Waals surface area (Å²) in [7, 11) is 0. The van der Waals surface area contributed by atoms with E-state index in [0.717, 1.165) is 36.4 Å². The molecule has 1 aliphatic heterocycles. The smallest absolute Gasteiger partial charge is 0.265 e. The number of piperidine rings is 1. The maximum absolute atomic E-state index is 12.7. The van der Waals surface area contributed by atoms with E-state index in [0.29, 0.717) is 16.4 Å². The molecule has 4 rings (SSSR count). The largest absolute Gasteiger partial charge is 0.473 e. The van der Waals surface area contributed by atoms with Crippen molar-refractivity contribution in [3.05, 3.63) is 59.9 Å². The SMILES string of the molecule is O=C(Nc1cccnc1OC1CCNCC1)c1ccc(-c2ccncc2)s1. The van der Waals surface area contributed by atoms with Crippen molar-refractivity contribution in [3.63, 3.8) is 0 Å². The van der Waals surface area contributed by atoms with Crippen LogP contribution in [0.4, 0.5) is 5.69 Å². The topological polar surface area (TPSA) is 76.1 Å². The molecule has 1 saturated heterocycles. The van der Waals surface area contributed by atoms with Crippen LogP contribution in [0.3, 0.4) is 0 Å². The number of hydrogen-bond donors (Lipinski definition) is 2. The highest BCUT2D eigenvalue weighted by atomic mass is 32.1. The fourth-order valence-corrected chi connectivity index (χ4v) is 3.87. The quantitative estimate of drug-likeness (QED) is 0.707. The van der Waals surface area contributed by atoms with Gasteiger partial charge in [-0.2, -0.15) is 0 Å². The summed E-state index contributed by atoms with van der Waals surface area (Å²) in [5.41, 5.74) is 1.64. The number of ether oxygens (including phenoxy) is 1. The maximum Gasteiger partial charge on any atom is 0.265 e. The lowest BCUT2D eigenvalue weighted by Crippen LogP contribution is -2.34. The van der Waals surface area contributed by atoms with Gasteiger partial charge in [0.15, 0.2) is 0 Å². The number of pyridine rings is 2. The van der Waals surface area contributed by atoms with E-state index < -0.39 is 0 Å². The lowest BCUT2D eigenvalue weighted by molar-refractivity contribution is 0.102. The number of nitrogens with zero attached hydrogens (tertiary/aromatic N) is 2. The van der Waals surface area contributed by atoms with Gasteiger partial charge in [-0.05, 0) is 67.9 Å². The van der Waals surface area contributed by atoms with E-state index in [1.807, 2.05) is 30.3 Å². The Morgan fingerprint density at radius 3 is 2.74 bits per heavy atom. The van der Waals surface area contributed by atoms with Gasteiger partial charge < -0.3 is 15.4 Å². The number of amides is 1. The third-order valence-electron chi connectivity index (χ3n) is 4.38. The van der Waals surface area contributed by atoms with Gasteiger partial charge in [-0.1, -0.05) is 0 Å². The number of hydrogen-bond acceptors (Lipinski definition) is 6. The van der Waals surface area contributed by atoms with E-state index in [2.05, 4.69) is 20.6 Å². The van der Waals surface area contributed by atoms with E-state index in [4.69, 9.17) is 4.74 Å². The van der Waals surface area contributed by atoms with Crippen molar-refractivity contribution in [1.82, 2.24) is 15.3 Å². The van der Waals surface area contributed by atoms with Crippen molar-refractivity contribution >= 4 is 22.9 Å². The Hall–Kier alpha value is -2.77. The molecule has 4 heterocycles. The van der Waals surface area contributed by atoms with Crippen LogP contribution in [0.25, 0.3) is 10.4 Å². The zero-order valence-electron chi connectivity index (χ0n) is 14.7. The van der Waals surface area contributed by atoms with Crippen LogP contribution in [0.5, 0.6) is 5.88 Å². The summed E-state index contributed by atoms with van der Waals surface area (Å²) in [6.07, 6.45) is 7.16. The van der Waals surface area contributed by atoms with Crippen LogP contribution in [-0.2, 0) is 0 Å². The van der Waals surface area contributed by atoms with Crippen molar-refractivity contribution < 1.29 is 9.53 Å². The normalized spacial score (nSPS) is 14.7. The number of rotatable bonds is 5. The van der Waals surface area contributed by atoms with Crippen molar-refractivity contribution in [2.75, 3.05) is 18.4 Å². The number of carbonyl (C=O) groups excluding carboxylic acids is 1. The molecule has 0 spiro atoms. The highest BCUT2D eigenvalue weighted by Gasteiger charge is 2.18. The van der Waals surface area contributed by atoms with E-state index in [1.54, 1.807) is 24.7 Å². The van der Waals surface area contributed by atoms with Gasteiger partial charge in [-0.25, -0.2) is 4.98 Å². The van der Waals surface area contributed by atoms with Gasteiger partial charge in [-0.15, -0.1) is 11.3 Å². The summed E-state index contributed by atoms with van der Waals surface area (Å²) in [5, 5.41) is 6.25. The molecule has 0 saturated carbocycles. The summed E-state index contributed by atoms with van der Waals surface area (Å²) in [6.45, 7) is 1.87. The first-order valence-electron chi connectivity index (χ1n) is 8.93. The molecule has 0 radical (unpaired) electrons. The molecular formula is C20H20N4O2S. The number of anilines is 1. The van der Waals surface area contributed by atoms with Crippen LogP contribution < -0.4 is 15.4 Å². The first-order chi connectivity index (χ1) is 13.3. The molecule has 0 unspecified atom stereocenters. The molecule has 1 fully saturated rings. The molecule has 1 aliphatic rings. The fraction of sp³-hybridized carbons (Fsp3) is 0.250. The van der Waals surface area contributed by atoms with Gasteiger partial charge in [0.25, 0.3) is 5.91 Å². The molecule has 0 atom stereocenters. The number of carbonyl (C=O) groups is 1. The minimum Gasteiger partial charge on any atom is -0.473 e.